The minimum Gasteiger partial charge on any atom is -0.308 e. The van der Waals surface area contributed by atoms with Gasteiger partial charge < -0.3 is 4.57 Å². The molecule has 2 heteroatoms. The van der Waals surface area contributed by atoms with E-state index in [0.717, 1.165) is 0 Å². The molecule has 1 aliphatic carbocycles. The molecule has 0 saturated carbocycles. The van der Waals surface area contributed by atoms with Crippen LogP contribution < -0.4 is 0 Å². The first-order valence-corrected chi connectivity index (χ1v) is 16.5. The van der Waals surface area contributed by atoms with Gasteiger partial charge in [0.05, 0.1) is 15.7 Å². The van der Waals surface area contributed by atoms with Crippen molar-refractivity contribution in [3.63, 3.8) is 0 Å². The monoisotopic (exact) mass is 591 g/mol. The second-order valence-electron chi connectivity index (χ2n) is 12.9. The Labute approximate surface area is 265 Å². The van der Waals surface area contributed by atoms with Crippen molar-refractivity contribution < 1.29 is 0 Å². The van der Waals surface area contributed by atoms with Gasteiger partial charge in [0.15, 0.2) is 0 Å². The van der Waals surface area contributed by atoms with Gasteiger partial charge in [-0.3, -0.25) is 0 Å². The summed E-state index contributed by atoms with van der Waals surface area (Å²) in [6, 6.07) is 51.7. The number of para-hydroxylation sites is 1. The van der Waals surface area contributed by atoms with Crippen molar-refractivity contribution in [3.05, 3.63) is 150 Å². The summed E-state index contributed by atoms with van der Waals surface area (Å²) in [6.07, 6.45) is 0. The van der Waals surface area contributed by atoms with Crippen LogP contribution in [0.2, 0.25) is 0 Å². The number of rotatable bonds is 2. The lowest BCUT2D eigenvalue weighted by Crippen LogP contribution is -2.13. The first-order valence-electron chi connectivity index (χ1n) is 15.7. The van der Waals surface area contributed by atoms with E-state index in [9.17, 15) is 0 Å². The summed E-state index contributed by atoms with van der Waals surface area (Å²) in [6.45, 7) is 4.77. The number of benzene rings is 7. The molecule has 0 N–H and O–H groups in total. The molecule has 0 atom stereocenters. The van der Waals surface area contributed by atoms with Crippen molar-refractivity contribution in [2.24, 2.45) is 0 Å². The average Bonchev–Trinajstić information content (AvgIpc) is 3.71. The van der Waals surface area contributed by atoms with Gasteiger partial charge in [0.25, 0.3) is 0 Å². The molecule has 1 aliphatic rings. The lowest BCUT2D eigenvalue weighted by atomic mass is 9.87. The van der Waals surface area contributed by atoms with E-state index < -0.39 is 0 Å². The predicted octanol–water partition coefficient (Wildman–Crippen LogP) is 12.3. The standard InChI is InChI=1S/C43H29NS/c1-43(2)37-16-7-5-14-35(37)39-36-23-22-34-33-13-6-8-17-38(33)44(40(34)41(36)45-42(39)43)30-21-20-27-24-29(19-18-28(27)25-30)32-15-9-11-26-10-3-4-12-31(26)32/h3-25H,1-2H3. The molecule has 0 unspecified atom stereocenters. The average molecular weight is 592 g/mol. The molecule has 0 spiro atoms. The summed E-state index contributed by atoms with van der Waals surface area (Å²) in [7, 11) is 0. The fraction of sp³-hybridized carbons (Fsp3) is 0.0698. The molecule has 10 rings (SSSR count). The summed E-state index contributed by atoms with van der Waals surface area (Å²) in [4.78, 5) is 1.47. The van der Waals surface area contributed by atoms with Crippen LogP contribution in [-0.2, 0) is 5.41 Å². The van der Waals surface area contributed by atoms with E-state index in [1.807, 2.05) is 11.3 Å². The Hall–Kier alpha value is -5.18. The highest BCUT2D eigenvalue weighted by Gasteiger charge is 2.38. The molecule has 1 nitrogen and oxygen atoms in total. The SMILES string of the molecule is CC1(C)c2ccccc2-c2c1sc1c2ccc2c3ccccc3n(-c3ccc4cc(-c5cccc6ccccc56)ccc4c3)c21. The van der Waals surface area contributed by atoms with E-state index in [4.69, 9.17) is 0 Å². The van der Waals surface area contributed by atoms with Gasteiger partial charge in [-0.15, -0.1) is 11.3 Å². The number of hydrogen-bond acceptors (Lipinski definition) is 1. The molecule has 0 radical (unpaired) electrons. The molecule has 0 saturated heterocycles. The summed E-state index contributed by atoms with van der Waals surface area (Å²) in [5, 5.41) is 9.05. The minimum absolute atomic E-state index is 0.0104. The normalized spacial score (nSPS) is 13.7. The Kier molecular flexibility index (Phi) is 5.00. The molecular weight excluding hydrogens is 563 g/mol. The van der Waals surface area contributed by atoms with Gasteiger partial charge in [-0.05, 0) is 68.1 Å². The largest absolute Gasteiger partial charge is 0.308 e. The van der Waals surface area contributed by atoms with Gasteiger partial charge in [-0.25, -0.2) is 0 Å². The van der Waals surface area contributed by atoms with Crippen LogP contribution in [-0.4, -0.2) is 4.57 Å². The topological polar surface area (TPSA) is 4.93 Å². The van der Waals surface area contributed by atoms with Gasteiger partial charge in [0, 0.05) is 37.7 Å². The van der Waals surface area contributed by atoms with E-state index in [0.29, 0.717) is 0 Å². The summed E-state index contributed by atoms with van der Waals surface area (Å²) >= 11 is 1.99. The predicted molar refractivity (Wildman–Crippen MR) is 194 cm³/mol. The molecule has 2 aromatic heterocycles. The van der Waals surface area contributed by atoms with Gasteiger partial charge >= 0.3 is 0 Å². The Morgan fingerprint density at radius 3 is 2.18 bits per heavy atom. The quantitative estimate of drug-likeness (QED) is 0.188. The van der Waals surface area contributed by atoms with E-state index in [1.54, 1.807) is 0 Å². The van der Waals surface area contributed by atoms with Crippen LogP contribution in [0.1, 0.15) is 24.3 Å². The summed E-state index contributed by atoms with van der Waals surface area (Å²) < 4.78 is 3.89. The zero-order chi connectivity index (χ0) is 29.9. The lowest BCUT2D eigenvalue weighted by molar-refractivity contribution is 0.674. The highest BCUT2D eigenvalue weighted by Crippen LogP contribution is 2.56. The molecule has 45 heavy (non-hydrogen) atoms. The highest BCUT2D eigenvalue weighted by molar-refractivity contribution is 7.21. The fourth-order valence-electron chi connectivity index (χ4n) is 7.96. The summed E-state index contributed by atoms with van der Waals surface area (Å²) in [5.41, 5.74) is 10.5. The molecule has 0 amide bonds. The first kappa shape index (κ1) is 25.2. The van der Waals surface area contributed by atoms with Crippen LogP contribution in [0.25, 0.3) is 81.4 Å². The van der Waals surface area contributed by atoms with Crippen molar-refractivity contribution in [2.75, 3.05) is 0 Å². The van der Waals surface area contributed by atoms with Crippen LogP contribution in [0.3, 0.4) is 0 Å². The van der Waals surface area contributed by atoms with E-state index >= 15 is 0 Å². The maximum atomic E-state index is 2.51. The van der Waals surface area contributed by atoms with Gasteiger partial charge in [-0.1, -0.05) is 129 Å². The lowest BCUT2D eigenvalue weighted by Gasteiger charge is -2.19. The Bertz CT molecular complexity index is 2680. The Balaban J connectivity index is 1.22. The minimum atomic E-state index is -0.0104. The molecule has 0 bridgehead atoms. The van der Waals surface area contributed by atoms with Crippen molar-refractivity contribution in [2.45, 2.75) is 19.3 Å². The maximum Gasteiger partial charge on any atom is 0.0719 e. The van der Waals surface area contributed by atoms with Crippen molar-refractivity contribution in [1.82, 2.24) is 4.57 Å². The van der Waals surface area contributed by atoms with Crippen molar-refractivity contribution >= 4 is 64.8 Å². The third kappa shape index (κ3) is 3.38. The smallest absolute Gasteiger partial charge is 0.0719 e. The zero-order valence-corrected chi connectivity index (χ0v) is 26.0. The number of fused-ring (bicyclic) bond motifs is 11. The zero-order valence-electron chi connectivity index (χ0n) is 25.1. The van der Waals surface area contributed by atoms with Gasteiger partial charge in [-0.2, -0.15) is 0 Å². The highest BCUT2D eigenvalue weighted by atomic mass is 32.1. The second-order valence-corrected chi connectivity index (χ2v) is 14.0. The first-order chi connectivity index (χ1) is 22.1. The van der Waals surface area contributed by atoms with Crippen LogP contribution in [0.15, 0.2) is 140 Å². The maximum absolute atomic E-state index is 2.51. The van der Waals surface area contributed by atoms with E-state index in [-0.39, 0.29) is 5.41 Å². The van der Waals surface area contributed by atoms with Gasteiger partial charge in [0.1, 0.15) is 0 Å². The van der Waals surface area contributed by atoms with Crippen molar-refractivity contribution in [3.8, 4) is 27.9 Å². The molecule has 2 heterocycles. The molecule has 7 aromatic carbocycles. The number of nitrogens with zero attached hydrogens (tertiary/aromatic N) is 1. The van der Waals surface area contributed by atoms with E-state index in [1.165, 1.54) is 91.8 Å². The third-order valence-corrected chi connectivity index (χ3v) is 11.6. The van der Waals surface area contributed by atoms with Gasteiger partial charge in [0.2, 0.25) is 0 Å². The number of aromatic nitrogens is 1. The third-order valence-electron chi connectivity index (χ3n) is 10.1. The van der Waals surface area contributed by atoms with Crippen LogP contribution in [0, 0.1) is 0 Å². The van der Waals surface area contributed by atoms with Crippen LogP contribution >= 0.6 is 11.3 Å². The Morgan fingerprint density at radius 2 is 1.24 bits per heavy atom. The Morgan fingerprint density at radius 1 is 0.533 bits per heavy atom. The van der Waals surface area contributed by atoms with Crippen molar-refractivity contribution in [1.29, 1.82) is 0 Å². The molecule has 9 aromatic rings. The number of thiophene rings is 1. The summed E-state index contributed by atoms with van der Waals surface area (Å²) in [5.74, 6) is 0. The van der Waals surface area contributed by atoms with E-state index in [2.05, 4.69) is 158 Å². The second kappa shape index (κ2) is 8.94. The molecule has 0 aliphatic heterocycles. The number of hydrogen-bond donors (Lipinski definition) is 0. The van der Waals surface area contributed by atoms with Crippen LogP contribution in [0.4, 0.5) is 0 Å². The fourth-order valence-corrected chi connectivity index (χ4v) is 9.43. The molecule has 0 fully saturated rings. The molecule has 212 valence electrons. The molecular formula is C43H29NS. The van der Waals surface area contributed by atoms with Crippen LogP contribution in [0.5, 0.6) is 0 Å².